The van der Waals surface area contributed by atoms with E-state index in [9.17, 15) is 12.8 Å². The summed E-state index contributed by atoms with van der Waals surface area (Å²) in [6, 6.07) is 3.28. The Kier molecular flexibility index (Phi) is 3.69. The van der Waals surface area contributed by atoms with Crippen LogP contribution in [0.5, 0.6) is 0 Å². The van der Waals surface area contributed by atoms with E-state index in [0.29, 0.717) is 11.8 Å². The van der Waals surface area contributed by atoms with Crippen molar-refractivity contribution in [3.8, 4) is 0 Å². The lowest BCUT2D eigenvalue weighted by molar-refractivity contribution is 0.280. The highest BCUT2D eigenvalue weighted by atomic mass is 32.2. The van der Waals surface area contributed by atoms with E-state index in [-0.39, 0.29) is 16.6 Å². The van der Waals surface area contributed by atoms with Gasteiger partial charge in [0.2, 0.25) is 10.0 Å². The zero-order valence-corrected chi connectivity index (χ0v) is 12.9. The first-order chi connectivity index (χ1) is 9.87. The van der Waals surface area contributed by atoms with Crippen LogP contribution in [0.25, 0.3) is 0 Å². The molecule has 1 aromatic rings. The zero-order valence-electron chi connectivity index (χ0n) is 12.0. The van der Waals surface area contributed by atoms with Gasteiger partial charge in [0.1, 0.15) is 10.7 Å². The summed E-state index contributed by atoms with van der Waals surface area (Å²) >= 11 is 0. The largest absolute Gasteiger partial charge is 0.398 e. The molecule has 3 rings (SSSR count). The second-order valence-corrected chi connectivity index (χ2v) is 8.11. The quantitative estimate of drug-likeness (QED) is 0.839. The fraction of sp³-hybridized carbons (Fsp3) is 0.600. The van der Waals surface area contributed by atoms with Crippen molar-refractivity contribution in [1.29, 1.82) is 0 Å². The minimum atomic E-state index is -3.78. The normalized spacial score (nSPS) is 29.7. The molecule has 0 amide bonds. The van der Waals surface area contributed by atoms with Gasteiger partial charge in [-0.25, -0.2) is 17.5 Å². The number of anilines is 1. The lowest BCUT2D eigenvalue weighted by Crippen LogP contribution is -2.40. The molecule has 3 N–H and O–H groups in total. The number of hydrogen-bond donors (Lipinski definition) is 2. The number of halogens is 1. The predicted octanol–water partition coefficient (Wildman–Crippen LogP) is 2.51. The summed E-state index contributed by atoms with van der Waals surface area (Å²) in [5.74, 6) is 1.16. The van der Waals surface area contributed by atoms with Crippen molar-refractivity contribution < 1.29 is 12.8 Å². The molecule has 6 heteroatoms. The first-order valence-corrected chi connectivity index (χ1v) is 8.92. The summed E-state index contributed by atoms with van der Waals surface area (Å²) < 4.78 is 40.8. The highest BCUT2D eigenvalue weighted by molar-refractivity contribution is 7.89. The Morgan fingerprint density at radius 2 is 2.10 bits per heavy atom. The third kappa shape index (κ3) is 2.79. The minimum absolute atomic E-state index is 0.0732. The van der Waals surface area contributed by atoms with Crippen LogP contribution in [0.2, 0.25) is 0 Å². The first kappa shape index (κ1) is 14.8. The van der Waals surface area contributed by atoms with E-state index in [4.69, 9.17) is 5.73 Å². The van der Waals surface area contributed by atoms with E-state index >= 15 is 0 Å². The number of fused-ring (bicyclic) bond motifs is 2. The number of rotatable bonds is 4. The first-order valence-electron chi connectivity index (χ1n) is 7.44. The van der Waals surface area contributed by atoms with Crippen molar-refractivity contribution in [3.05, 3.63) is 24.0 Å². The third-order valence-corrected chi connectivity index (χ3v) is 6.66. The van der Waals surface area contributed by atoms with Gasteiger partial charge in [-0.15, -0.1) is 0 Å². The molecule has 0 spiro atoms. The van der Waals surface area contributed by atoms with Crippen molar-refractivity contribution in [2.75, 3.05) is 5.73 Å². The number of sulfonamides is 1. The van der Waals surface area contributed by atoms with Crippen molar-refractivity contribution in [2.45, 2.75) is 43.5 Å². The highest BCUT2D eigenvalue weighted by Gasteiger charge is 2.42. The molecule has 116 valence electrons. The Morgan fingerprint density at radius 3 is 2.71 bits per heavy atom. The van der Waals surface area contributed by atoms with E-state index in [0.717, 1.165) is 24.5 Å². The van der Waals surface area contributed by atoms with Crippen molar-refractivity contribution in [3.63, 3.8) is 0 Å². The number of hydrogen-bond acceptors (Lipinski definition) is 3. The van der Waals surface area contributed by atoms with Gasteiger partial charge in [-0.1, -0.05) is 6.42 Å². The summed E-state index contributed by atoms with van der Waals surface area (Å²) in [5, 5.41) is 0. The Hall–Kier alpha value is -1.14. The van der Waals surface area contributed by atoms with Gasteiger partial charge in [0.25, 0.3) is 0 Å². The van der Waals surface area contributed by atoms with Gasteiger partial charge in [-0.3, -0.25) is 0 Å². The van der Waals surface area contributed by atoms with Crippen LogP contribution in [0, 0.1) is 23.6 Å². The van der Waals surface area contributed by atoms with Gasteiger partial charge >= 0.3 is 0 Å². The molecule has 4 unspecified atom stereocenters. The lowest BCUT2D eigenvalue weighted by atomic mass is 9.84. The van der Waals surface area contributed by atoms with Crippen molar-refractivity contribution >= 4 is 15.7 Å². The molecule has 0 aliphatic heterocycles. The second kappa shape index (κ2) is 5.25. The van der Waals surface area contributed by atoms with Gasteiger partial charge in [0.15, 0.2) is 0 Å². The third-order valence-electron chi connectivity index (χ3n) is 5.04. The molecule has 2 aliphatic rings. The summed E-state index contributed by atoms with van der Waals surface area (Å²) in [4.78, 5) is -0.169. The molecule has 0 aromatic heterocycles. The summed E-state index contributed by atoms with van der Waals surface area (Å²) in [6.07, 6.45) is 4.78. The Morgan fingerprint density at radius 1 is 1.33 bits per heavy atom. The molecule has 2 aliphatic carbocycles. The molecule has 2 bridgehead atoms. The molecule has 4 nitrogen and oxygen atoms in total. The van der Waals surface area contributed by atoms with E-state index in [1.807, 2.05) is 6.92 Å². The van der Waals surface area contributed by atoms with Crippen LogP contribution >= 0.6 is 0 Å². The van der Waals surface area contributed by atoms with Crippen LogP contribution in [-0.2, 0) is 10.0 Å². The minimum Gasteiger partial charge on any atom is -0.398 e. The standard InChI is InChI=1S/C15H21FN2O2S/c1-9(13-7-10-2-3-11(13)6-10)18-21(19,20)15-8-12(16)4-5-14(15)17/h4-5,8-11,13,18H,2-3,6-7,17H2,1H3. The SMILES string of the molecule is CC(NS(=O)(=O)c1cc(F)ccc1N)C1CC2CCC1C2. The van der Waals surface area contributed by atoms with E-state index in [1.165, 1.54) is 25.3 Å². The number of nitrogens with one attached hydrogen (secondary N) is 1. The van der Waals surface area contributed by atoms with Crippen LogP contribution in [-0.4, -0.2) is 14.5 Å². The van der Waals surface area contributed by atoms with Crippen LogP contribution in [0.4, 0.5) is 10.1 Å². The number of benzene rings is 1. The van der Waals surface area contributed by atoms with Gasteiger partial charge in [-0.2, -0.15) is 0 Å². The average Bonchev–Trinajstić information content (AvgIpc) is 3.03. The molecule has 0 saturated heterocycles. The summed E-state index contributed by atoms with van der Waals surface area (Å²) in [7, 11) is -3.78. The molecule has 0 heterocycles. The Bertz CT molecular complexity index is 647. The Labute approximate surface area is 125 Å². The van der Waals surface area contributed by atoms with E-state index in [1.54, 1.807) is 0 Å². The van der Waals surface area contributed by atoms with Crippen molar-refractivity contribution in [2.24, 2.45) is 17.8 Å². The molecule has 1 aromatic carbocycles. The number of nitrogen functional groups attached to an aromatic ring is 1. The zero-order chi connectivity index (χ0) is 15.2. The molecular formula is C15H21FN2O2S. The van der Waals surface area contributed by atoms with Crippen LogP contribution < -0.4 is 10.5 Å². The van der Waals surface area contributed by atoms with Crippen molar-refractivity contribution in [1.82, 2.24) is 4.72 Å². The molecule has 0 radical (unpaired) electrons. The fourth-order valence-corrected chi connectivity index (χ4v) is 5.48. The molecular weight excluding hydrogens is 291 g/mol. The van der Waals surface area contributed by atoms with Gasteiger partial charge in [0, 0.05) is 6.04 Å². The summed E-state index contributed by atoms with van der Waals surface area (Å²) in [6.45, 7) is 1.90. The molecule has 2 saturated carbocycles. The fourth-order valence-electron chi connectivity index (χ4n) is 4.04. The topological polar surface area (TPSA) is 72.2 Å². The maximum Gasteiger partial charge on any atom is 0.242 e. The van der Waals surface area contributed by atoms with Crippen LogP contribution in [0.3, 0.4) is 0 Å². The average molecular weight is 312 g/mol. The lowest BCUT2D eigenvalue weighted by Gasteiger charge is -2.28. The molecule has 4 atom stereocenters. The van der Waals surface area contributed by atoms with E-state index in [2.05, 4.69) is 4.72 Å². The highest BCUT2D eigenvalue weighted by Crippen LogP contribution is 2.49. The van der Waals surface area contributed by atoms with Gasteiger partial charge < -0.3 is 5.73 Å². The van der Waals surface area contributed by atoms with Gasteiger partial charge in [-0.05, 0) is 62.1 Å². The Balaban J connectivity index is 1.78. The smallest absolute Gasteiger partial charge is 0.242 e. The second-order valence-electron chi connectivity index (χ2n) is 6.43. The predicted molar refractivity (Wildman–Crippen MR) is 79.5 cm³/mol. The van der Waals surface area contributed by atoms with Crippen LogP contribution in [0.1, 0.15) is 32.6 Å². The monoisotopic (exact) mass is 312 g/mol. The maximum absolute atomic E-state index is 13.3. The van der Waals surface area contributed by atoms with Gasteiger partial charge in [0.05, 0.1) is 5.69 Å². The molecule has 21 heavy (non-hydrogen) atoms. The number of nitrogens with two attached hydrogens (primary N) is 1. The maximum atomic E-state index is 13.3. The molecule has 2 fully saturated rings. The van der Waals surface area contributed by atoms with E-state index < -0.39 is 15.8 Å². The summed E-state index contributed by atoms with van der Waals surface area (Å²) in [5.41, 5.74) is 5.75. The van der Waals surface area contributed by atoms with Crippen LogP contribution in [0.15, 0.2) is 23.1 Å².